The second-order valence-electron chi connectivity index (χ2n) is 7.66. The Morgan fingerprint density at radius 1 is 1.30 bits per heavy atom. The highest BCUT2D eigenvalue weighted by Crippen LogP contribution is 2.53. The number of allylic oxidation sites excluding steroid dienone is 1. The lowest BCUT2D eigenvalue weighted by Gasteiger charge is -2.40. The Kier molecular flexibility index (Phi) is 4.44. The third-order valence-corrected chi connectivity index (χ3v) is 4.90. The Hall–Kier alpha value is -0.630. The number of rotatable bonds is 4. The minimum atomic E-state index is -0.103. The first-order valence-electron chi connectivity index (χ1n) is 8.21. The van der Waals surface area contributed by atoms with Gasteiger partial charge in [-0.05, 0) is 58.4 Å². The molecular formula is C18H30O2. The normalized spacial score (nSPS) is 30.9. The Balaban J connectivity index is 2.27. The van der Waals surface area contributed by atoms with Crippen molar-refractivity contribution < 1.29 is 9.53 Å². The lowest BCUT2D eigenvalue weighted by atomic mass is 9.70. The van der Waals surface area contributed by atoms with Crippen molar-refractivity contribution in [1.29, 1.82) is 0 Å². The molecule has 0 saturated heterocycles. The molecule has 2 aliphatic carbocycles. The van der Waals surface area contributed by atoms with Crippen LogP contribution in [0.2, 0.25) is 0 Å². The summed E-state index contributed by atoms with van der Waals surface area (Å²) in [4.78, 5) is 12.3. The van der Waals surface area contributed by atoms with Gasteiger partial charge in [0.15, 0.2) is 5.78 Å². The van der Waals surface area contributed by atoms with Gasteiger partial charge in [0, 0.05) is 11.8 Å². The van der Waals surface area contributed by atoms with Crippen LogP contribution >= 0.6 is 0 Å². The molecule has 20 heavy (non-hydrogen) atoms. The van der Waals surface area contributed by atoms with Crippen molar-refractivity contribution in [2.24, 2.45) is 5.41 Å². The van der Waals surface area contributed by atoms with Crippen molar-refractivity contribution in [2.45, 2.75) is 91.3 Å². The Labute approximate surface area is 124 Å². The van der Waals surface area contributed by atoms with E-state index >= 15 is 0 Å². The van der Waals surface area contributed by atoms with Crippen LogP contribution in [-0.4, -0.2) is 17.5 Å². The molecule has 0 spiro atoms. The molecule has 0 radical (unpaired) electrons. The minimum absolute atomic E-state index is 0.101. The van der Waals surface area contributed by atoms with Gasteiger partial charge in [-0.3, -0.25) is 4.79 Å². The molecule has 0 aliphatic heterocycles. The fraction of sp³-hybridized carbons (Fsp3) is 0.833. The van der Waals surface area contributed by atoms with Crippen LogP contribution in [0.25, 0.3) is 0 Å². The van der Waals surface area contributed by atoms with E-state index in [2.05, 4.69) is 34.6 Å². The maximum absolute atomic E-state index is 12.3. The monoisotopic (exact) mass is 278 g/mol. The number of Topliss-reactive ketones (excluding diaryl/α,β-unsaturated/α-hetero) is 1. The van der Waals surface area contributed by atoms with E-state index in [1.807, 2.05) is 0 Å². The molecule has 1 saturated carbocycles. The molecule has 2 atom stereocenters. The third kappa shape index (κ3) is 3.00. The van der Waals surface area contributed by atoms with Gasteiger partial charge < -0.3 is 4.74 Å². The summed E-state index contributed by atoms with van der Waals surface area (Å²) in [7, 11) is 0. The molecule has 0 unspecified atom stereocenters. The molecule has 0 bridgehead atoms. The smallest absolute Gasteiger partial charge is 0.158 e. The highest BCUT2D eigenvalue weighted by atomic mass is 16.5. The first kappa shape index (κ1) is 15.8. The van der Waals surface area contributed by atoms with Gasteiger partial charge in [-0.15, -0.1) is 0 Å². The Bertz CT molecular complexity index is 414. The van der Waals surface area contributed by atoms with Gasteiger partial charge in [0.25, 0.3) is 0 Å². The van der Waals surface area contributed by atoms with Gasteiger partial charge in [0.05, 0.1) is 11.7 Å². The first-order chi connectivity index (χ1) is 9.28. The summed E-state index contributed by atoms with van der Waals surface area (Å²) < 4.78 is 6.31. The van der Waals surface area contributed by atoms with Crippen LogP contribution in [0.15, 0.2) is 11.1 Å². The van der Waals surface area contributed by atoms with E-state index in [1.165, 1.54) is 5.57 Å². The Morgan fingerprint density at radius 2 is 2.00 bits per heavy atom. The van der Waals surface area contributed by atoms with Crippen molar-refractivity contribution in [1.82, 2.24) is 0 Å². The van der Waals surface area contributed by atoms with Crippen molar-refractivity contribution in [3.8, 4) is 0 Å². The molecule has 2 heteroatoms. The average molecular weight is 278 g/mol. The molecule has 1 fully saturated rings. The fourth-order valence-electron chi connectivity index (χ4n) is 3.83. The number of carbonyl (C=O) groups excluding carboxylic acids is 1. The summed E-state index contributed by atoms with van der Waals surface area (Å²) in [6, 6.07) is 0. The predicted molar refractivity (Wildman–Crippen MR) is 82.8 cm³/mol. The molecule has 2 aliphatic rings. The zero-order valence-corrected chi connectivity index (χ0v) is 13.8. The van der Waals surface area contributed by atoms with E-state index in [4.69, 9.17) is 4.74 Å². The molecule has 0 aromatic carbocycles. The van der Waals surface area contributed by atoms with Gasteiger partial charge in [-0.2, -0.15) is 0 Å². The largest absolute Gasteiger partial charge is 0.372 e. The van der Waals surface area contributed by atoms with Crippen molar-refractivity contribution in [2.75, 3.05) is 0 Å². The molecule has 0 aromatic heterocycles. The number of unbranched alkanes of at least 4 members (excludes halogenated alkanes) is 1. The van der Waals surface area contributed by atoms with Crippen LogP contribution in [0.3, 0.4) is 0 Å². The third-order valence-electron chi connectivity index (χ3n) is 4.90. The lowest BCUT2D eigenvalue weighted by Crippen LogP contribution is -2.39. The van der Waals surface area contributed by atoms with Crippen LogP contribution < -0.4 is 0 Å². The molecule has 114 valence electrons. The molecule has 0 amide bonds. The summed E-state index contributed by atoms with van der Waals surface area (Å²) in [5.41, 5.74) is 2.58. The van der Waals surface area contributed by atoms with Crippen LogP contribution in [-0.2, 0) is 9.53 Å². The standard InChI is InChI=1S/C18H30O2/c1-6-7-8-13-14-9-10-16(20-17(2,3)4)18(14,5)12-11-15(13)19/h16H,6-12H2,1-5H3/t16-,18-/m0/s1. The van der Waals surface area contributed by atoms with Gasteiger partial charge in [-0.25, -0.2) is 0 Å². The quantitative estimate of drug-likeness (QED) is 0.737. The Morgan fingerprint density at radius 3 is 2.60 bits per heavy atom. The molecule has 0 aromatic rings. The highest BCUT2D eigenvalue weighted by Gasteiger charge is 2.48. The second-order valence-corrected chi connectivity index (χ2v) is 7.66. The van der Waals surface area contributed by atoms with Crippen LogP contribution in [0.4, 0.5) is 0 Å². The molecule has 0 N–H and O–H groups in total. The first-order valence-corrected chi connectivity index (χ1v) is 8.21. The van der Waals surface area contributed by atoms with Gasteiger partial charge in [0.1, 0.15) is 0 Å². The maximum Gasteiger partial charge on any atom is 0.158 e. The van der Waals surface area contributed by atoms with Crippen molar-refractivity contribution >= 4 is 5.78 Å². The number of hydrogen-bond acceptors (Lipinski definition) is 2. The molecule has 0 heterocycles. The predicted octanol–water partition coefficient (Wildman–Crippen LogP) is 4.82. The second kappa shape index (κ2) is 5.63. The van der Waals surface area contributed by atoms with E-state index in [9.17, 15) is 4.79 Å². The van der Waals surface area contributed by atoms with Crippen LogP contribution in [0.5, 0.6) is 0 Å². The van der Waals surface area contributed by atoms with E-state index < -0.39 is 0 Å². The molecule has 2 rings (SSSR count). The van der Waals surface area contributed by atoms with E-state index in [1.54, 1.807) is 0 Å². The maximum atomic E-state index is 12.3. The summed E-state index contributed by atoms with van der Waals surface area (Å²) >= 11 is 0. The minimum Gasteiger partial charge on any atom is -0.372 e. The number of ketones is 1. The topological polar surface area (TPSA) is 26.3 Å². The zero-order valence-electron chi connectivity index (χ0n) is 13.8. The fourth-order valence-corrected chi connectivity index (χ4v) is 3.83. The SMILES string of the molecule is CCCCC1=C2CC[C@H](OC(C)(C)C)[C@@]2(C)CCC1=O. The molecule has 2 nitrogen and oxygen atoms in total. The summed E-state index contributed by atoms with van der Waals surface area (Å²) in [5.74, 6) is 0.405. The van der Waals surface area contributed by atoms with Crippen LogP contribution in [0.1, 0.15) is 79.6 Å². The van der Waals surface area contributed by atoms with E-state index in [-0.39, 0.29) is 17.1 Å². The number of fused-ring (bicyclic) bond motifs is 1. The van der Waals surface area contributed by atoms with Crippen LogP contribution in [0, 0.1) is 5.41 Å². The van der Waals surface area contributed by atoms with Gasteiger partial charge in [-0.1, -0.05) is 25.8 Å². The van der Waals surface area contributed by atoms with Crippen molar-refractivity contribution in [3.63, 3.8) is 0 Å². The summed E-state index contributed by atoms with van der Waals surface area (Å²) in [5, 5.41) is 0. The number of ether oxygens (including phenoxy) is 1. The molecular weight excluding hydrogens is 248 g/mol. The van der Waals surface area contributed by atoms with Gasteiger partial charge in [0.2, 0.25) is 0 Å². The summed E-state index contributed by atoms with van der Waals surface area (Å²) in [6.45, 7) is 10.9. The van der Waals surface area contributed by atoms with Crippen molar-refractivity contribution in [3.05, 3.63) is 11.1 Å². The lowest BCUT2D eigenvalue weighted by molar-refractivity contribution is -0.120. The zero-order chi connectivity index (χ0) is 15.0. The highest BCUT2D eigenvalue weighted by molar-refractivity contribution is 5.97. The summed E-state index contributed by atoms with van der Waals surface area (Å²) in [6.07, 6.45) is 7.35. The van der Waals surface area contributed by atoms with E-state index in [0.717, 1.165) is 44.1 Å². The number of carbonyl (C=O) groups is 1. The average Bonchev–Trinajstić information content (AvgIpc) is 2.65. The van der Waals surface area contributed by atoms with E-state index in [0.29, 0.717) is 12.2 Å². The van der Waals surface area contributed by atoms with Gasteiger partial charge >= 0.3 is 0 Å². The number of hydrogen-bond donors (Lipinski definition) is 0.